The number of hydrogen-bond acceptors (Lipinski definition) is 5. The number of carboxylic acid groups (broad SMARTS) is 1. The zero-order valence-electron chi connectivity index (χ0n) is 12.5. The molecular weight excluding hydrogens is 290 g/mol. The Bertz CT molecular complexity index is 569. The smallest absolute Gasteiger partial charge is 0.303 e. The molecule has 0 heterocycles. The molecule has 3 N–H and O–H groups in total. The summed E-state index contributed by atoms with van der Waals surface area (Å²) in [4.78, 5) is 32.5. The predicted octanol–water partition coefficient (Wildman–Crippen LogP) is 1.72. The Kier molecular flexibility index (Phi) is 6.37. The molecule has 22 heavy (non-hydrogen) atoms. The normalized spacial score (nSPS) is 11.5. The fraction of sp³-hybridized carbons (Fsp3) is 0.400. The van der Waals surface area contributed by atoms with Gasteiger partial charge >= 0.3 is 5.97 Å². The fourth-order valence-corrected chi connectivity index (χ4v) is 1.87. The highest BCUT2D eigenvalue weighted by Gasteiger charge is 2.17. The van der Waals surface area contributed by atoms with Crippen LogP contribution in [0.1, 0.15) is 32.3 Å². The number of aldehydes is 1. The lowest BCUT2D eigenvalue weighted by Crippen LogP contribution is -2.15. The van der Waals surface area contributed by atoms with Crippen molar-refractivity contribution in [3.05, 3.63) is 17.7 Å². The van der Waals surface area contributed by atoms with Gasteiger partial charge in [0, 0.05) is 13.3 Å². The molecule has 1 unspecified atom stereocenters. The van der Waals surface area contributed by atoms with Gasteiger partial charge < -0.3 is 20.3 Å². The highest BCUT2D eigenvalue weighted by molar-refractivity contribution is 5.92. The van der Waals surface area contributed by atoms with Gasteiger partial charge in [-0.1, -0.05) is 6.07 Å². The summed E-state index contributed by atoms with van der Waals surface area (Å²) in [6, 6.07) is 3.11. The zero-order valence-corrected chi connectivity index (χ0v) is 12.5. The number of amides is 1. The van der Waals surface area contributed by atoms with Crippen LogP contribution in [-0.2, 0) is 20.8 Å². The van der Waals surface area contributed by atoms with E-state index in [9.17, 15) is 19.5 Å². The van der Waals surface area contributed by atoms with Crippen LogP contribution in [0.25, 0.3) is 0 Å². The number of carboxylic acids is 1. The Morgan fingerprint density at radius 3 is 2.64 bits per heavy atom. The number of phenols is 1. The van der Waals surface area contributed by atoms with Crippen LogP contribution in [0.15, 0.2) is 12.1 Å². The first-order valence-corrected chi connectivity index (χ1v) is 6.81. The minimum Gasteiger partial charge on any atom is -0.505 e. The van der Waals surface area contributed by atoms with Gasteiger partial charge in [0.05, 0.1) is 0 Å². The van der Waals surface area contributed by atoms with Crippen LogP contribution in [-0.4, -0.2) is 34.5 Å². The first-order valence-electron chi connectivity index (χ1n) is 6.81. The van der Waals surface area contributed by atoms with Crippen LogP contribution < -0.4 is 10.1 Å². The molecule has 0 bridgehead atoms. The number of anilines is 1. The van der Waals surface area contributed by atoms with E-state index in [-0.39, 0.29) is 23.6 Å². The third-order valence-corrected chi connectivity index (χ3v) is 2.87. The van der Waals surface area contributed by atoms with Gasteiger partial charge in [-0.25, -0.2) is 0 Å². The first kappa shape index (κ1) is 17.5. The van der Waals surface area contributed by atoms with Gasteiger partial charge in [0.1, 0.15) is 17.2 Å². The number of nitrogens with one attached hydrogen (secondary N) is 1. The van der Waals surface area contributed by atoms with E-state index < -0.39 is 18.0 Å². The van der Waals surface area contributed by atoms with Crippen LogP contribution in [0, 0.1) is 0 Å². The van der Waals surface area contributed by atoms with Crippen molar-refractivity contribution in [3.63, 3.8) is 0 Å². The Hall–Kier alpha value is -2.57. The second kappa shape index (κ2) is 8.02. The standard InChI is InChI=1S/C15H19NO6/c1-9(8-17)22-12-7-6-11(4-3-5-13(19)20)15(21)14(12)16-10(2)18/h6-9,21H,3-5H2,1-2H3,(H,16,18)(H,19,20). The molecule has 0 fully saturated rings. The monoisotopic (exact) mass is 309 g/mol. The van der Waals surface area contributed by atoms with E-state index >= 15 is 0 Å². The molecule has 0 aromatic heterocycles. The van der Waals surface area contributed by atoms with Crippen LogP contribution >= 0.6 is 0 Å². The van der Waals surface area contributed by atoms with Gasteiger partial charge in [-0.05, 0) is 31.4 Å². The molecule has 7 heteroatoms. The molecule has 7 nitrogen and oxygen atoms in total. The Balaban J connectivity index is 3.04. The molecule has 1 amide bonds. The van der Waals surface area contributed by atoms with E-state index in [1.165, 1.54) is 19.9 Å². The van der Waals surface area contributed by atoms with E-state index in [1.807, 2.05) is 0 Å². The summed E-state index contributed by atoms with van der Waals surface area (Å²) in [5.41, 5.74) is 0.574. The number of aliphatic carboxylic acids is 1. The second-order valence-electron chi connectivity index (χ2n) is 4.83. The van der Waals surface area contributed by atoms with Gasteiger partial charge in [-0.3, -0.25) is 14.4 Å². The molecule has 0 aliphatic carbocycles. The highest BCUT2D eigenvalue weighted by atomic mass is 16.5. The summed E-state index contributed by atoms with van der Waals surface area (Å²) in [6.45, 7) is 2.81. The number of phenolic OH excluding ortho intramolecular Hbond substituents is 1. The molecule has 0 aliphatic heterocycles. The SMILES string of the molecule is CC(=O)Nc1c(OC(C)C=O)ccc(CCCC(=O)O)c1O. The molecule has 1 aromatic rings. The van der Waals surface area contributed by atoms with Gasteiger partial charge in [-0.15, -0.1) is 0 Å². The largest absolute Gasteiger partial charge is 0.505 e. The van der Waals surface area contributed by atoms with Crippen molar-refractivity contribution in [1.29, 1.82) is 0 Å². The van der Waals surface area contributed by atoms with Crippen molar-refractivity contribution >= 4 is 23.9 Å². The van der Waals surface area contributed by atoms with Crippen molar-refractivity contribution in [1.82, 2.24) is 0 Å². The topological polar surface area (TPSA) is 113 Å². The number of carbonyl (C=O) groups is 3. The van der Waals surface area contributed by atoms with Crippen molar-refractivity contribution in [2.45, 2.75) is 39.2 Å². The number of benzene rings is 1. The summed E-state index contributed by atoms with van der Waals surface area (Å²) < 4.78 is 5.34. The molecule has 0 saturated heterocycles. The lowest BCUT2D eigenvalue weighted by atomic mass is 10.1. The van der Waals surface area contributed by atoms with Crippen molar-refractivity contribution in [2.24, 2.45) is 0 Å². The van der Waals surface area contributed by atoms with Crippen LogP contribution in [0.2, 0.25) is 0 Å². The highest BCUT2D eigenvalue weighted by Crippen LogP contribution is 2.38. The summed E-state index contributed by atoms with van der Waals surface area (Å²) in [5, 5.41) is 21.3. The predicted molar refractivity (Wildman–Crippen MR) is 79.1 cm³/mol. The maximum Gasteiger partial charge on any atom is 0.303 e. The minimum absolute atomic E-state index is 0.0185. The van der Waals surface area contributed by atoms with Crippen LogP contribution in [0.4, 0.5) is 5.69 Å². The molecule has 1 aromatic carbocycles. The lowest BCUT2D eigenvalue weighted by Gasteiger charge is -2.17. The van der Waals surface area contributed by atoms with Crippen LogP contribution in [0.5, 0.6) is 11.5 Å². The average Bonchev–Trinajstić information content (AvgIpc) is 2.44. The second-order valence-corrected chi connectivity index (χ2v) is 4.83. The van der Waals surface area contributed by atoms with E-state index in [1.54, 1.807) is 6.07 Å². The number of ether oxygens (including phenoxy) is 1. The van der Waals surface area contributed by atoms with Gasteiger partial charge in [-0.2, -0.15) is 0 Å². The molecule has 1 atom stereocenters. The van der Waals surface area contributed by atoms with Gasteiger partial charge in [0.25, 0.3) is 0 Å². The third-order valence-electron chi connectivity index (χ3n) is 2.87. The van der Waals surface area contributed by atoms with Crippen molar-refractivity contribution < 1.29 is 29.3 Å². The number of aromatic hydroxyl groups is 1. The molecule has 0 spiro atoms. The Morgan fingerprint density at radius 2 is 2.09 bits per heavy atom. The van der Waals surface area contributed by atoms with Crippen molar-refractivity contribution in [2.75, 3.05) is 5.32 Å². The molecule has 0 aliphatic rings. The van der Waals surface area contributed by atoms with Gasteiger partial charge in [0.15, 0.2) is 12.4 Å². The van der Waals surface area contributed by atoms with E-state index in [0.717, 1.165) is 0 Å². The third kappa shape index (κ3) is 5.08. The zero-order chi connectivity index (χ0) is 16.7. The first-order chi connectivity index (χ1) is 10.3. The summed E-state index contributed by atoms with van der Waals surface area (Å²) in [5.74, 6) is -1.33. The number of aryl methyl sites for hydroxylation is 1. The van der Waals surface area contributed by atoms with E-state index in [0.29, 0.717) is 24.7 Å². The molecule has 0 radical (unpaired) electrons. The number of rotatable bonds is 8. The lowest BCUT2D eigenvalue weighted by molar-refractivity contribution is -0.137. The van der Waals surface area contributed by atoms with Gasteiger partial charge in [0.2, 0.25) is 5.91 Å². The Labute approximate surface area is 127 Å². The minimum atomic E-state index is -0.915. The summed E-state index contributed by atoms with van der Waals surface area (Å²) >= 11 is 0. The number of hydrogen-bond donors (Lipinski definition) is 3. The fourth-order valence-electron chi connectivity index (χ4n) is 1.87. The van der Waals surface area contributed by atoms with Crippen molar-refractivity contribution in [3.8, 4) is 11.5 Å². The van der Waals surface area contributed by atoms with E-state index in [4.69, 9.17) is 9.84 Å². The molecule has 1 rings (SSSR count). The quantitative estimate of drug-likeness (QED) is 0.498. The maximum atomic E-state index is 11.3. The maximum absolute atomic E-state index is 11.3. The van der Waals surface area contributed by atoms with Crippen LogP contribution in [0.3, 0.4) is 0 Å². The summed E-state index contributed by atoms with van der Waals surface area (Å²) in [6.07, 6.45) is 0.538. The molecular formula is C15H19NO6. The number of carbonyl (C=O) groups excluding carboxylic acids is 2. The summed E-state index contributed by atoms with van der Waals surface area (Å²) in [7, 11) is 0. The average molecular weight is 309 g/mol. The molecule has 120 valence electrons. The Morgan fingerprint density at radius 1 is 1.41 bits per heavy atom. The molecule has 0 saturated carbocycles. The van der Waals surface area contributed by atoms with E-state index in [2.05, 4.69) is 5.32 Å².